The first kappa shape index (κ1) is 14.5. The molecule has 0 aliphatic rings. The zero-order valence-corrected chi connectivity index (χ0v) is 7.39. The SMILES string of the molecule is Cl.NCCNS(=O)(=O)C(F)(F)F. The highest BCUT2D eigenvalue weighted by Crippen LogP contribution is 2.20. The van der Waals surface area contributed by atoms with E-state index in [1.54, 1.807) is 0 Å². The van der Waals surface area contributed by atoms with Gasteiger partial charge >= 0.3 is 15.5 Å². The third-order valence-corrected chi connectivity index (χ3v) is 1.93. The number of nitrogens with two attached hydrogens (primary N) is 1. The van der Waals surface area contributed by atoms with E-state index < -0.39 is 22.1 Å². The normalized spacial score (nSPS) is 12.3. The summed E-state index contributed by atoms with van der Waals surface area (Å²) in [6.07, 6.45) is 0. The first-order valence-corrected chi connectivity index (χ1v) is 4.05. The number of rotatable bonds is 3. The molecule has 4 nitrogen and oxygen atoms in total. The van der Waals surface area contributed by atoms with Crippen LogP contribution in [0.25, 0.3) is 0 Å². The first-order chi connectivity index (χ1) is 4.81. The van der Waals surface area contributed by atoms with Crippen LogP contribution in [0.4, 0.5) is 13.2 Å². The van der Waals surface area contributed by atoms with Gasteiger partial charge in [0.2, 0.25) is 0 Å². The summed E-state index contributed by atoms with van der Waals surface area (Å²) >= 11 is 0. The summed E-state index contributed by atoms with van der Waals surface area (Å²) in [4.78, 5) is 0. The van der Waals surface area contributed by atoms with Crippen molar-refractivity contribution in [1.82, 2.24) is 4.72 Å². The molecule has 0 atom stereocenters. The largest absolute Gasteiger partial charge is 0.511 e. The van der Waals surface area contributed by atoms with Crippen LogP contribution in [0.15, 0.2) is 0 Å². The summed E-state index contributed by atoms with van der Waals surface area (Å²) < 4.78 is 55.9. The van der Waals surface area contributed by atoms with E-state index in [9.17, 15) is 21.6 Å². The fourth-order valence-electron chi connectivity index (χ4n) is 0.275. The average Bonchev–Trinajstić information content (AvgIpc) is 1.81. The summed E-state index contributed by atoms with van der Waals surface area (Å²) in [5.74, 6) is 0. The molecule has 0 aliphatic heterocycles. The van der Waals surface area contributed by atoms with Crippen LogP contribution in [0, 0.1) is 0 Å². The Morgan fingerprint density at radius 2 is 1.75 bits per heavy atom. The van der Waals surface area contributed by atoms with Gasteiger partial charge in [-0.1, -0.05) is 0 Å². The van der Waals surface area contributed by atoms with Gasteiger partial charge in [-0.3, -0.25) is 0 Å². The van der Waals surface area contributed by atoms with Gasteiger partial charge in [-0.05, 0) is 0 Å². The quantitative estimate of drug-likeness (QED) is 0.703. The van der Waals surface area contributed by atoms with Gasteiger partial charge in [0.05, 0.1) is 0 Å². The molecule has 0 unspecified atom stereocenters. The summed E-state index contributed by atoms with van der Waals surface area (Å²) in [7, 11) is -5.19. The number of sulfonamides is 1. The second-order valence-corrected chi connectivity index (χ2v) is 3.39. The fourth-order valence-corrected chi connectivity index (χ4v) is 0.825. The van der Waals surface area contributed by atoms with Crippen LogP contribution in [0.2, 0.25) is 0 Å². The average molecular weight is 229 g/mol. The van der Waals surface area contributed by atoms with Crippen LogP contribution in [-0.2, 0) is 10.0 Å². The second-order valence-electron chi connectivity index (χ2n) is 1.63. The van der Waals surface area contributed by atoms with Crippen molar-refractivity contribution in [3.8, 4) is 0 Å². The fraction of sp³-hybridized carbons (Fsp3) is 1.00. The molecule has 0 heterocycles. The van der Waals surface area contributed by atoms with E-state index in [2.05, 4.69) is 0 Å². The predicted octanol–water partition coefficient (Wildman–Crippen LogP) is -0.194. The summed E-state index contributed by atoms with van der Waals surface area (Å²) in [6, 6.07) is 0. The van der Waals surface area contributed by atoms with Crippen molar-refractivity contribution in [2.45, 2.75) is 5.51 Å². The third-order valence-electron chi connectivity index (χ3n) is 0.741. The molecule has 0 saturated heterocycles. The van der Waals surface area contributed by atoms with Gasteiger partial charge in [-0.25, -0.2) is 13.1 Å². The highest BCUT2D eigenvalue weighted by atomic mass is 35.5. The molecular formula is C3H8ClF3N2O2S. The first-order valence-electron chi connectivity index (χ1n) is 2.57. The van der Waals surface area contributed by atoms with E-state index in [4.69, 9.17) is 5.73 Å². The van der Waals surface area contributed by atoms with Gasteiger partial charge in [-0.2, -0.15) is 13.2 Å². The van der Waals surface area contributed by atoms with Crippen molar-refractivity contribution >= 4 is 22.4 Å². The standard InChI is InChI=1S/C3H7F3N2O2S.ClH/c4-3(5,6)11(9,10)8-2-1-7;/h8H,1-2,7H2;1H. The van der Waals surface area contributed by atoms with Gasteiger partial charge in [-0.15, -0.1) is 12.4 Å². The highest BCUT2D eigenvalue weighted by Gasteiger charge is 2.45. The molecule has 0 fully saturated rings. The smallest absolute Gasteiger partial charge is 0.329 e. The van der Waals surface area contributed by atoms with E-state index in [0.717, 1.165) is 0 Å². The number of hydrogen-bond acceptors (Lipinski definition) is 3. The number of hydrogen-bond donors (Lipinski definition) is 2. The van der Waals surface area contributed by atoms with Crippen molar-refractivity contribution in [3.63, 3.8) is 0 Å². The molecule has 0 amide bonds. The van der Waals surface area contributed by atoms with E-state index in [0.29, 0.717) is 0 Å². The lowest BCUT2D eigenvalue weighted by Gasteiger charge is -2.07. The van der Waals surface area contributed by atoms with Crippen LogP contribution < -0.4 is 10.5 Å². The lowest BCUT2D eigenvalue weighted by molar-refractivity contribution is -0.0447. The van der Waals surface area contributed by atoms with Crippen LogP contribution in [0.3, 0.4) is 0 Å². The monoisotopic (exact) mass is 228 g/mol. The number of nitrogens with one attached hydrogen (secondary N) is 1. The maximum Gasteiger partial charge on any atom is 0.511 e. The molecule has 0 rings (SSSR count). The molecule has 0 spiro atoms. The van der Waals surface area contributed by atoms with Crippen molar-refractivity contribution in [2.75, 3.05) is 13.1 Å². The van der Waals surface area contributed by atoms with Crippen LogP contribution in [0.5, 0.6) is 0 Å². The Bertz CT molecular complexity index is 214. The van der Waals surface area contributed by atoms with Gasteiger partial charge < -0.3 is 5.73 Å². The summed E-state index contributed by atoms with van der Waals surface area (Å²) in [5, 5.41) is 0. The van der Waals surface area contributed by atoms with Crippen molar-refractivity contribution in [3.05, 3.63) is 0 Å². The van der Waals surface area contributed by atoms with Crippen molar-refractivity contribution in [2.24, 2.45) is 5.73 Å². The third kappa shape index (κ3) is 4.10. The highest BCUT2D eigenvalue weighted by molar-refractivity contribution is 7.90. The van der Waals surface area contributed by atoms with Crippen LogP contribution >= 0.6 is 12.4 Å². The minimum atomic E-state index is -5.25. The van der Waals surface area contributed by atoms with Crippen LogP contribution in [0.1, 0.15) is 0 Å². The molecule has 0 aliphatic carbocycles. The second kappa shape index (κ2) is 4.85. The maximum atomic E-state index is 11.5. The molecule has 0 radical (unpaired) electrons. The van der Waals surface area contributed by atoms with E-state index in [-0.39, 0.29) is 19.0 Å². The molecule has 0 aromatic carbocycles. The molecule has 0 bridgehead atoms. The predicted molar refractivity (Wildman–Crippen MR) is 39.3 cm³/mol. The Hall–Kier alpha value is -0.0500. The van der Waals surface area contributed by atoms with E-state index in [1.165, 1.54) is 4.72 Å². The maximum absolute atomic E-state index is 11.5. The molecular weight excluding hydrogens is 221 g/mol. The Labute approximate surface area is 73.8 Å². The zero-order valence-electron chi connectivity index (χ0n) is 5.76. The molecule has 3 N–H and O–H groups in total. The minimum Gasteiger partial charge on any atom is -0.329 e. The van der Waals surface area contributed by atoms with Crippen LogP contribution in [-0.4, -0.2) is 27.0 Å². The summed E-state index contributed by atoms with van der Waals surface area (Å²) in [6.45, 7) is -0.586. The van der Waals surface area contributed by atoms with Gasteiger partial charge in [0.25, 0.3) is 0 Å². The molecule has 0 aromatic rings. The van der Waals surface area contributed by atoms with E-state index in [1.807, 2.05) is 0 Å². The lowest BCUT2D eigenvalue weighted by atomic mass is 10.7. The van der Waals surface area contributed by atoms with Gasteiger partial charge in [0.15, 0.2) is 0 Å². The van der Waals surface area contributed by atoms with Gasteiger partial charge in [0, 0.05) is 13.1 Å². The Morgan fingerprint density at radius 3 is 2.00 bits per heavy atom. The number of alkyl halides is 3. The topological polar surface area (TPSA) is 72.2 Å². The minimum absolute atomic E-state index is 0. The molecule has 9 heteroatoms. The number of halogens is 4. The zero-order chi connectivity index (χ0) is 9.12. The van der Waals surface area contributed by atoms with E-state index >= 15 is 0 Å². The molecule has 12 heavy (non-hydrogen) atoms. The molecule has 0 aromatic heterocycles. The Morgan fingerprint density at radius 1 is 1.33 bits per heavy atom. The lowest BCUT2D eigenvalue weighted by Crippen LogP contribution is -2.38. The summed E-state index contributed by atoms with van der Waals surface area (Å²) in [5.41, 5.74) is -0.463. The Kier molecular flexibility index (Phi) is 5.85. The van der Waals surface area contributed by atoms with Gasteiger partial charge in [0.1, 0.15) is 0 Å². The molecule has 0 saturated carbocycles. The Balaban J connectivity index is 0. The molecule has 76 valence electrons. The van der Waals surface area contributed by atoms with Crippen molar-refractivity contribution in [1.29, 1.82) is 0 Å². The van der Waals surface area contributed by atoms with Crippen molar-refractivity contribution < 1.29 is 21.6 Å².